The van der Waals surface area contributed by atoms with E-state index in [0.29, 0.717) is 24.8 Å². The van der Waals surface area contributed by atoms with Crippen molar-refractivity contribution in [3.05, 3.63) is 23.8 Å². The number of aliphatic hydroxyl groups excluding tert-OH is 2. The maximum atomic E-state index is 16.9. The highest BCUT2D eigenvalue weighted by Gasteiger charge is 2.75. The average molecular weight is 392 g/mol. The van der Waals surface area contributed by atoms with Gasteiger partial charge < -0.3 is 15.3 Å². The molecule has 0 aromatic heterocycles. The van der Waals surface area contributed by atoms with E-state index < -0.39 is 52.4 Å². The molecule has 28 heavy (non-hydrogen) atoms. The quantitative estimate of drug-likeness (QED) is 0.667. The first-order valence-corrected chi connectivity index (χ1v) is 10.1. The first-order chi connectivity index (χ1) is 13.0. The maximum Gasteiger partial charge on any atom is 0.190 e. The van der Waals surface area contributed by atoms with E-state index in [1.165, 1.54) is 12.2 Å². The normalized spacial score (nSPS) is 52.5. The van der Waals surface area contributed by atoms with E-state index in [1.807, 2.05) is 0 Å². The molecule has 4 rings (SSSR count). The third-order valence-electron chi connectivity index (χ3n) is 8.79. The van der Waals surface area contributed by atoms with Crippen LogP contribution in [-0.2, 0) is 9.59 Å². The molecule has 5 nitrogen and oxygen atoms in total. The summed E-state index contributed by atoms with van der Waals surface area (Å²) in [6, 6.07) is 0. The van der Waals surface area contributed by atoms with E-state index in [9.17, 15) is 24.9 Å². The SMILES string of the molecule is C[C@@H]1C[C@H]2[C@@H]3CCC4=CC(=O)C=C[C@]4(C)C3(F)[C@@H](O)C[C@]2(C)[C@@]1(O)C(=O)CO. The minimum absolute atomic E-state index is 0.0676. The first kappa shape index (κ1) is 19.9. The zero-order chi connectivity index (χ0) is 20.7. The summed E-state index contributed by atoms with van der Waals surface area (Å²) in [6.07, 6.45) is 4.44. The Bertz CT molecular complexity index is 805. The number of hydrogen-bond acceptors (Lipinski definition) is 5. The summed E-state index contributed by atoms with van der Waals surface area (Å²) < 4.78 is 16.9. The maximum absolute atomic E-state index is 16.9. The molecule has 4 aliphatic rings. The number of halogens is 1. The number of fused-ring (bicyclic) bond motifs is 5. The van der Waals surface area contributed by atoms with Crippen LogP contribution in [-0.4, -0.2) is 50.9 Å². The highest BCUT2D eigenvalue weighted by Crippen LogP contribution is 2.70. The molecule has 0 amide bonds. The lowest BCUT2D eigenvalue weighted by atomic mass is 9.44. The number of hydrogen-bond donors (Lipinski definition) is 3. The smallest absolute Gasteiger partial charge is 0.190 e. The third kappa shape index (κ3) is 2.01. The highest BCUT2D eigenvalue weighted by atomic mass is 19.1. The van der Waals surface area contributed by atoms with Gasteiger partial charge in [0, 0.05) is 16.7 Å². The van der Waals surface area contributed by atoms with E-state index in [1.54, 1.807) is 26.8 Å². The van der Waals surface area contributed by atoms with Crippen LogP contribution in [0.3, 0.4) is 0 Å². The van der Waals surface area contributed by atoms with E-state index in [0.717, 1.165) is 0 Å². The molecular formula is C22H29FO5. The summed E-state index contributed by atoms with van der Waals surface area (Å²) in [5.41, 5.74) is -5.17. The summed E-state index contributed by atoms with van der Waals surface area (Å²) >= 11 is 0. The van der Waals surface area contributed by atoms with Crippen LogP contribution in [0.4, 0.5) is 4.39 Å². The fourth-order valence-electron chi connectivity index (χ4n) is 7.26. The van der Waals surface area contributed by atoms with Gasteiger partial charge >= 0.3 is 0 Å². The fourth-order valence-corrected chi connectivity index (χ4v) is 7.26. The molecule has 4 aliphatic carbocycles. The number of allylic oxidation sites excluding steroid dienone is 4. The topological polar surface area (TPSA) is 94.8 Å². The van der Waals surface area contributed by atoms with E-state index in [4.69, 9.17) is 0 Å². The predicted molar refractivity (Wildman–Crippen MR) is 99.9 cm³/mol. The summed E-state index contributed by atoms with van der Waals surface area (Å²) in [5.74, 6) is -2.12. The van der Waals surface area contributed by atoms with Gasteiger partial charge in [-0.05, 0) is 56.6 Å². The van der Waals surface area contributed by atoms with Gasteiger partial charge in [-0.1, -0.05) is 25.5 Å². The second-order valence-corrected chi connectivity index (χ2v) is 9.75. The molecule has 0 spiro atoms. The Hall–Kier alpha value is -1.37. The molecule has 6 heteroatoms. The molecule has 0 radical (unpaired) electrons. The van der Waals surface area contributed by atoms with Gasteiger partial charge in [0.1, 0.15) is 12.2 Å². The lowest BCUT2D eigenvalue weighted by Gasteiger charge is -2.62. The van der Waals surface area contributed by atoms with Gasteiger partial charge in [-0.25, -0.2) is 4.39 Å². The zero-order valence-corrected chi connectivity index (χ0v) is 16.6. The van der Waals surface area contributed by atoms with Crippen molar-refractivity contribution in [2.45, 2.75) is 63.8 Å². The minimum Gasteiger partial charge on any atom is -0.390 e. The Morgan fingerprint density at radius 2 is 2.00 bits per heavy atom. The monoisotopic (exact) mass is 392 g/mol. The molecule has 3 N–H and O–H groups in total. The van der Waals surface area contributed by atoms with Crippen LogP contribution >= 0.6 is 0 Å². The van der Waals surface area contributed by atoms with E-state index in [-0.39, 0.29) is 18.1 Å². The number of aliphatic hydroxyl groups is 3. The number of rotatable bonds is 2. The number of alkyl halides is 1. The minimum atomic E-state index is -1.98. The van der Waals surface area contributed by atoms with Gasteiger partial charge in [0.25, 0.3) is 0 Å². The average Bonchev–Trinajstić information content (AvgIpc) is 2.84. The summed E-state index contributed by atoms with van der Waals surface area (Å²) in [6.45, 7) is 4.48. The van der Waals surface area contributed by atoms with Crippen molar-refractivity contribution in [1.29, 1.82) is 0 Å². The van der Waals surface area contributed by atoms with Crippen LogP contribution < -0.4 is 0 Å². The van der Waals surface area contributed by atoms with Gasteiger partial charge in [0.2, 0.25) is 0 Å². The Morgan fingerprint density at radius 3 is 2.64 bits per heavy atom. The molecule has 0 bridgehead atoms. The predicted octanol–water partition coefficient (Wildman–Crippen LogP) is 1.90. The lowest BCUT2D eigenvalue weighted by molar-refractivity contribution is -0.219. The van der Waals surface area contributed by atoms with Crippen molar-refractivity contribution in [3.8, 4) is 0 Å². The Labute approximate surface area is 164 Å². The number of ketones is 2. The van der Waals surface area contributed by atoms with Crippen LogP contribution in [0.25, 0.3) is 0 Å². The number of Topliss-reactive ketones (excluding diaryl/α,β-unsaturated/α-hetero) is 1. The number of carbonyl (C=O) groups is 2. The summed E-state index contributed by atoms with van der Waals surface area (Å²) in [4.78, 5) is 24.4. The molecule has 154 valence electrons. The van der Waals surface area contributed by atoms with Crippen LogP contribution in [0.5, 0.6) is 0 Å². The molecule has 0 aromatic carbocycles. The molecule has 0 saturated heterocycles. The van der Waals surface area contributed by atoms with Crippen molar-refractivity contribution in [2.24, 2.45) is 28.6 Å². The summed E-state index contributed by atoms with van der Waals surface area (Å²) in [7, 11) is 0. The van der Waals surface area contributed by atoms with Crippen LogP contribution in [0.2, 0.25) is 0 Å². The molecule has 3 fully saturated rings. The molecule has 0 heterocycles. The molecular weight excluding hydrogens is 363 g/mol. The first-order valence-electron chi connectivity index (χ1n) is 10.1. The van der Waals surface area contributed by atoms with Gasteiger partial charge in [-0.15, -0.1) is 0 Å². The van der Waals surface area contributed by atoms with Crippen molar-refractivity contribution in [2.75, 3.05) is 6.61 Å². The number of carbonyl (C=O) groups excluding carboxylic acids is 2. The molecule has 0 aromatic rings. The van der Waals surface area contributed by atoms with Crippen LogP contribution in [0.1, 0.15) is 46.5 Å². The Kier molecular flexibility index (Phi) is 4.15. The van der Waals surface area contributed by atoms with Crippen molar-refractivity contribution in [3.63, 3.8) is 0 Å². The Morgan fingerprint density at radius 1 is 1.32 bits per heavy atom. The van der Waals surface area contributed by atoms with Gasteiger partial charge in [-0.2, -0.15) is 0 Å². The van der Waals surface area contributed by atoms with Crippen molar-refractivity contribution in [1.82, 2.24) is 0 Å². The van der Waals surface area contributed by atoms with Crippen molar-refractivity contribution < 1.29 is 29.3 Å². The fraction of sp³-hybridized carbons (Fsp3) is 0.727. The van der Waals surface area contributed by atoms with Crippen LogP contribution in [0, 0.1) is 28.6 Å². The van der Waals surface area contributed by atoms with Crippen molar-refractivity contribution >= 4 is 11.6 Å². The molecule has 3 saturated carbocycles. The molecule has 0 aliphatic heterocycles. The summed E-state index contributed by atoms with van der Waals surface area (Å²) in [5, 5.41) is 32.0. The second kappa shape index (κ2) is 5.83. The molecule has 1 unspecified atom stereocenters. The molecule has 8 atom stereocenters. The van der Waals surface area contributed by atoms with Gasteiger partial charge in [0.15, 0.2) is 17.2 Å². The largest absolute Gasteiger partial charge is 0.390 e. The second-order valence-electron chi connectivity index (χ2n) is 9.75. The van der Waals surface area contributed by atoms with E-state index in [2.05, 4.69) is 0 Å². The highest BCUT2D eigenvalue weighted by molar-refractivity contribution is 6.01. The van der Waals surface area contributed by atoms with E-state index >= 15 is 4.39 Å². The lowest BCUT2D eigenvalue weighted by Crippen LogP contribution is -2.69. The Balaban J connectivity index is 1.84. The van der Waals surface area contributed by atoms with Gasteiger partial charge in [0.05, 0.1) is 6.10 Å². The van der Waals surface area contributed by atoms with Crippen LogP contribution in [0.15, 0.2) is 23.8 Å². The standard InChI is InChI=1S/C22H29FO5/c1-12-8-16-15-5-4-13-9-14(25)6-7-19(13,2)21(15,23)17(26)10-20(16,3)22(12,28)18(27)11-24/h6-7,9,12,15-17,24,26,28H,4-5,8,10-11H2,1-3H3/t12-,15+,16+,17+,19+,20+,21?,22+/m1/s1. The third-order valence-corrected chi connectivity index (χ3v) is 8.79. The zero-order valence-electron chi connectivity index (χ0n) is 16.6. The van der Waals surface area contributed by atoms with Gasteiger partial charge in [-0.3, -0.25) is 9.59 Å².